The molecule has 19 heavy (non-hydrogen) atoms. The molecule has 0 bridgehead atoms. The van der Waals surface area contributed by atoms with Gasteiger partial charge in [0.1, 0.15) is 0 Å². The van der Waals surface area contributed by atoms with Crippen LogP contribution in [0.5, 0.6) is 0 Å². The van der Waals surface area contributed by atoms with Crippen molar-refractivity contribution < 1.29 is 4.74 Å². The number of rotatable bonds is 5. The van der Waals surface area contributed by atoms with Gasteiger partial charge in [0.05, 0.1) is 11.6 Å². The van der Waals surface area contributed by atoms with E-state index >= 15 is 0 Å². The molecule has 3 heteroatoms. The maximum Gasteiger partial charge on any atom is 0.0847 e. The molecule has 0 aliphatic heterocycles. The summed E-state index contributed by atoms with van der Waals surface area (Å²) in [5.41, 5.74) is 3.14. The largest absolute Gasteiger partial charge is 0.377 e. The number of nitrogens with two attached hydrogens (primary N) is 1. The molecule has 0 aromatic heterocycles. The molecule has 0 amide bonds. The predicted molar refractivity (Wildman–Crippen MR) is 79.7 cm³/mol. The smallest absolute Gasteiger partial charge is 0.0847 e. The maximum atomic E-state index is 6.00. The standard InChI is InChI=1S/C16H32N2O/c1-3-13-7-9-14(10-8-13)15(18-17)16(19-2)11-5-4-6-12-16/h13-15,18H,3-12,17H2,1-2H3. The van der Waals surface area contributed by atoms with Crippen LogP contribution in [-0.2, 0) is 4.74 Å². The van der Waals surface area contributed by atoms with Gasteiger partial charge in [0, 0.05) is 7.11 Å². The molecular formula is C16H32N2O. The number of hydrogen-bond acceptors (Lipinski definition) is 3. The lowest BCUT2D eigenvalue weighted by atomic mass is 9.69. The highest BCUT2D eigenvalue weighted by atomic mass is 16.5. The SMILES string of the molecule is CCC1CCC(C(NN)C2(OC)CCCCC2)CC1. The average molecular weight is 268 g/mol. The first-order chi connectivity index (χ1) is 9.25. The van der Waals surface area contributed by atoms with Crippen molar-refractivity contribution in [3.05, 3.63) is 0 Å². The molecule has 2 rings (SSSR count). The number of hydrazine groups is 1. The van der Waals surface area contributed by atoms with Crippen LogP contribution in [0.2, 0.25) is 0 Å². The molecule has 2 saturated carbocycles. The third-order valence-corrected chi connectivity index (χ3v) is 5.79. The molecule has 2 aliphatic carbocycles. The van der Waals surface area contributed by atoms with Crippen molar-refractivity contribution in [1.29, 1.82) is 0 Å². The summed E-state index contributed by atoms with van der Waals surface area (Å²) < 4.78 is 6.00. The highest BCUT2D eigenvalue weighted by Gasteiger charge is 2.44. The van der Waals surface area contributed by atoms with Gasteiger partial charge in [-0.3, -0.25) is 11.3 Å². The summed E-state index contributed by atoms with van der Waals surface area (Å²) in [6, 6.07) is 0.343. The van der Waals surface area contributed by atoms with Gasteiger partial charge in [-0.15, -0.1) is 0 Å². The molecule has 1 atom stereocenters. The maximum absolute atomic E-state index is 6.00. The lowest BCUT2D eigenvalue weighted by Gasteiger charge is -2.47. The summed E-state index contributed by atoms with van der Waals surface area (Å²) >= 11 is 0. The monoisotopic (exact) mass is 268 g/mol. The number of hydrogen-bond donors (Lipinski definition) is 2. The van der Waals surface area contributed by atoms with Crippen LogP contribution in [-0.4, -0.2) is 18.8 Å². The van der Waals surface area contributed by atoms with Gasteiger partial charge >= 0.3 is 0 Å². The van der Waals surface area contributed by atoms with Crippen LogP contribution in [0.1, 0.15) is 71.1 Å². The van der Waals surface area contributed by atoms with E-state index in [4.69, 9.17) is 10.6 Å². The Hall–Kier alpha value is -0.120. The molecule has 0 radical (unpaired) electrons. The van der Waals surface area contributed by atoms with Crippen LogP contribution in [0.15, 0.2) is 0 Å². The summed E-state index contributed by atoms with van der Waals surface area (Å²) in [6.07, 6.45) is 13.0. The van der Waals surface area contributed by atoms with Crippen LogP contribution in [0.4, 0.5) is 0 Å². The van der Waals surface area contributed by atoms with Crippen LogP contribution in [0, 0.1) is 11.8 Å². The highest BCUT2D eigenvalue weighted by molar-refractivity contribution is 4.98. The van der Waals surface area contributed by atoms with Crippen molar-refractivity contribution in [3.63, 3.8) is 0 Å². The molecule has 0 spiro atoms. The first-order valence-corrected chi connectivity index (χ1v) is 8.27. The van der Waals surface area contributed by atoms with E-state index in [0.29, 0.717) is 12.0 Å². The molecular weight excluding hydrogens is 236 g/mol. The lowest BCUT2D eigenvalue weighted by molar-refractivity contribution is -0.0866. The average Bonchev–Trinajstić information content (AvgIpc) is 2.49. The Kier molecular flexibility index (Phi) is 5.67. The topological polar surface area (TPSA) is 47.3 Å². The Balaban J connectivity index is 2.02. The quantitative estimate of drug-likeness (QED) is 0.593. The highest BCUT2D eigenvalue weighted by Crippen LogP contribution is 2.41. The molecule has 3 N–H and O–H groups in total. The zero-order chi connectivity index (χ0) is 13.7. The minimum Gasteiger partial charge on any atom is -0.377 e. The Morgan fingerprint density at radius 3 is 2.26 bits per heavy atom. The van der Waals surface area contributed by atoms with Gasteiger partial charge in [-0.1, -0.05) is 45.4 Å². The summed E-state index contributed by atoms with van der Waals surface area (Å²) in [4.78, 5) is 0. The fourth-order valence-electron chi connectivity index (χ4n) is 4.44. The third kappa shape index (κ3) is 3.32. The second-order valence-corrected chi connectivity index (χ2v) is 6.66. The Morgan fingerprint density at radius 2 is 1.79 bits per heavy atom. The van der Waals surface area contributed by atoms with Gasteiger partial charge < -0.3 is 4.74 Å². The zero-order valence-electron chi connectivity index (χ0n) is 12.8. The summed E-state index contributed by atoms with van der Waals surface area (Å²) in [6.45, 7) is 2.32. The Labute approximate surface area is 118 Å². The van der Waals surface area contributed by atoms with Crippen molar-refractivity contribution in [2.75, 3.05) is 7.11 Å². The molecule has 112 valence electrons. The normalized spacial score (nSPS) is 33.0. The molecule has 3 nitrogen and oxygen atoms in total. The van der Waals surface area contributed by atoms with Crippen LogP contribution >= 0.6 is 0 Å². The fourth-order valence-corrected chi connectivity index (χ4v) is 4.44. The van der Waals surface area contributed by atoms with E-state index in [1.807, 2.05) is 7.11 Å². The van der Waals surface area contributed by atoms with Crippen LogP contribution in [0.25, 0.3) is 0 Å². The second-order valence-electron chi connectivity index (χ2n) is 6.66. The van der Waals surface area contributed by atoms with Crippen molar-refractivity contribution in [1.82, 2.24) is 5.43 Å². The Bertz CT molecular complexity index is 255. The minimum absolute atomic E-state index is 0.00326. The third-order valence-electron chi connectivity index (χ3n) is 5.79. The molecule has 0 saturated heterocycles. The predicted octanol–water partition coefficient (Wildman–Crippen LogP) is 3.38. The summed E-state index contributed by atoms with van der Waals surface area (Å²) in [5, 5.41) is 0. The van der Waals surface area contributed by atoms with Crippen LogP contribution in [0.3, 0.4) is 0 Å². The van der Waals surface area contributed by atoms with Crippen molar-refractivity contribution >= 4 is 0 Å². The van der Waals surface area contributed by atoms with Gasteiger partial charge in [-0.2, -0.15) is 0 Å². The first-order valence-electron chi connectivity index (χ1n) is 8.27. The van der Waals surface area contributed by atoms with Gasteiger partial charge in [0.25, 0.3) is 0 Å². The zero-order valence-corrected chi connectivity index (χ0v) is 12.8. The second kappa shape index (κ2) is 7.05. The molecule has 0 aromatic carbocycles. The van der Waals surface area contributed by atoms with E-state index in [1.165, 1.54) is 64.2 Å². The van der Waals surface area contributed by atoms with E-state index in [2.05, 4.69) is 12.3 Å². The van der Waals surface area contributed by atoms with Gasteiger partial charge in [0.15, 0.2) is 0 Å². The first kappa shape index (κ1) is 15.3. The summed E-state index contributed by atoms with van der Waals surface area (Å²) in [7, 11) is 1.88. The van der Waals surface area contributed by atoms with E-state index in [-0.39, 0.29) is 5.60 Å². The van der Waals surface area contributed by atoms with Gasteiger partial charge in [-0.25, -0.2) is 0 Å². The summed E-state index contributed by atoms with van der Waals surface area (Å²) in [5.74, 6) is 7.58. The van der Waals surface area contributed by atoms with Crippen LogP contribution < -0.4 is 11.3 Å². The van der Waals surface area contributed by atoms with Crippen molar-refractivity contribution in [2.45, 2.75) is 82.8 Å². The minimum atomic E-state index is -0.00326. The van der Waals surface area contributed by atoms with E-state index < -0.39 is 0 Å². The molecule has 2 fully saturated rings. The fraction of sp³-hybridized carbons (Fsp3) is 1.00. The lowest BCUT2D eigenvalue weighted by Crippen LogP contribution is -2.59. The molecule has 1 unspecified atom stereocenters. The molecule has 0 heterocycles. The number of nitrogens with one attached hydrogen (secondary N) is 1. The molecule has 0 aromatic rings. The molecule has 2 aliphatic rings. The number of ether oxygens (including phenoxy) is 1. The van der Waals surface area contributed by atoms with Crippen molar-refractivity contribution in [3.8, 4) is 0 Å². The van der Waals surface area contributed by atoms with E-state index in [9.17, 15) is 0 Å². The van der Waals surface area contributed by atoms with Gasteiger partial charge in [-0.05, 0) is 37.5 Å². The van der Waals surface area contributed by atoms with E-state index in [1.54, 1.807) is 0 Å². The van der Waals surface area contributed by atoms with Gasteiger partial charge in [0.2, 0.25) is 0 Å². The Morgan fingerprint density at radius 1 is 1.16 bits per heavy atom. The van der Waals surface area contributed by atoms with E-state index in [0.717, 1.165) is 5.92 Å². The number of methoxy groups -OCH3 is 1. The van der Waals surface area contributed by atoms with Crippen molar-refractivity contribution in [2.24, 2.45) is 17.7 Å².